The van der Waals surface area contributed by atoms with Gasteiger partial charge in [-0.2, -0.15) is 0 Å². The van der Waals surface area contributed by atoms with Gasteiger partial charge in [0, 0.05) is 25.6 Å². The molecule has 1 aromatic carbocycles. The van der Waals surface area contributed by atoms with Gasteiger partial charge in [-0.1, -0.05) is 24.6 Å². The third-order valence-corrected chi connectivity index (χ3v) is 2.97. The number of carbonyl (C=O) groups is 4. The first-order valence-corrected chi connectivity index (χ1v) is 7.18. The average Bonchev–Trinajstić information content (AvgIpc) is 2.51. The molecule has 1 aromatic rings. The molecule has 118 valence electrons. The van der Waals surface area contributed by atoms with E-state index >= 15 is 0 Å². The zero-order valence-corrected chi connectivity index (χ0v) is 12.6. The van der Waals surface area contributed by atoms with Gasteiger partial charge in [-0.25, -0.2) is 0 Å². The van der Waals surface area contributed by atoms with Gasteiger partial charge in [0.15, 0.2) is 0 Å². The lowest BCUT2D eigenvalue weighted by Gasteiger charge is -2.04. The molecule has 1 rings (SSSR count). The van der Waals surface area contributed by atoms with E-state index in [0.717, 1.165) is 0 Å². The molecule has 2 amide bonds. The standard InChI is InChI=1S/C16H20N2O4/c1-12(19)15(21)17-11-7-3-6-10-14(20)16(22)18-13-8-4-2-5-9-13/h2,4-5,8-9H,3,6-7,10-11H2,1H3,(H,17,21)(H,18,22). The SMILES string of the molecule is CC(=O)C(=O)NCCCCCC(=O)C(=O)Nc1ccccc1. The Bertz CT molecular complexity index is 540. The van der Waals surface area contributed by atoms with Crippen molar-refractivity contribution < 1.29 is 19.2 Å². The van der Waals surface area contributed by atoms with Gasteiger partial charge in [-0.3, -0.25) is 19.2 Å². The number of amides is 2. The van der Waals surface area contributed by atoms with Crippen molar-refractivity contribution in [2.45, 2.75) is 32.6 Å². The molecule has 0 fully saturated rings. The van der Waals surface area contributed by atoms with Gasteiger partial charge in [0.25, 0.3) is 11.8 Å². The molecule has 2 N–H and O–H groups in total. The number of nitrogens with one attached hydrogen (secondary N) is 2. The summed E-state index contributed by atoms with van der Waals surface area (Å²) in [6.45, 7) is 1.60. The van der Waals surface area contributed by atoms with Crippen LogP contribution in [0.5, 0.6) is 0 Å². The third-order valence-electron chi connectivity index (χ3n) is 2.97. The van der Waals surface area contributed by atoms with Crippen LogP contribution in [0.3, 0.4) is 0 Å². The molecule has 0 heterocycles. The summed E-state index contributed by atoms with van der Waals surface area (Å²) in [4.78, 5) is 44.9. The van der Waals surface area contributed by atoms with Crippen molar-refractivity contribution in [3.63, 3.8) is 0 Å². The lowest BCUT2D eigenvalue weighted by atomic mass is 10.1. The molecule has 0 aromatic heterocycles. The number of hydrogen-bond acceptors (Lipinski definition) is 4. The van der Waals surface area contributed by atoms with Crippen molar-refractivity contribution in [3.8, 4) is 0 Å². The van der Waals surface area contributed by atoms with Gasteiger partial charge in [0.05, 0.1) is 0 Å². The van der Waals surface area contributed by atoms with E-state index in [1.165, 1.54) is 6.92 Å². The molecule has 0 radical (unpaired) electrons. The molecule has 0 saturated carbocycles. The Balaban J connectivity index is 2.14. The maximum atomic E-state index is 11.7. The highest BCUT2D eigenvalue weighted by Gasteiger charge is 2.13. The molecule has 0 bridgehead atoms. The van der Waals surface area contributed by atoms with Crippen molar-refractivity contribution in [3.05, 3.63) is 30.3 Å². The van der Waals surface area contributed by atoms with Crippen LogP contribution in [0.1, 0.15) is 32.6 Å². The first kappa shape index (κ1) is 17.6. The quantitative estimate of drug-likeness (QED) is 0.533. The predicted octanol–water partition coefficient (Wildman–Crippen LogP) is 1.46. The number of rotatable bonds is 9. The molecule has 6 heteroatoms. The van der Waals surface area contributed by atoms with Gasteiger partial charge >= 0.3 is 0 Å². The van der Waals surface area contributed by atoms with E-state index < -0.39 is 23.4 Å². The molecule has 0 aliphatic carbocycles. The highest BCUT2D eigenvalue weighted by molar-refractivity contribution is 6.40. The summed E-state index contributed by atoms with van der Waals surface area (Å²) in [7, 11) is 0. The smallest absolute Gasteiger partial charge is 0.291 e. The minimum atomic E-state index is -0.615. The second-order valence-corrected chi connectivity index (χ2v) is 4.87. The monoisotopic (exact) mass is 304 g/mol. The molecule has 0 aliphatic heterocycles. The van der Waals surface area contributed by atoms with Gasteiger partial charge in [-0.05, 0) is 25.0 Å². The van der Waals surface area contributed by atoms with Crippen LogP contribution in [-0.2, 0) is 19.2 Å². The van der Waals surface area contributed by atoms with E-state index in [4.69, 9.17) is 0 Å². The molecule has 0 saturated heterocycles. The van der Waals surface area contributed by atoms with Gasteiger partial charge < -0.3 is 10.6 Å². The maximum absolute atomic E-state index is 11.7. The van der Waals surface area contributed by atoms with E-state index in [2.05, 4.69) is 10.6 Å². The average molecular weight is 304 g/mol. The zero-order valence-electron chi connectivity index (χ0n) is 12.6. The van der Waals surface area contributed by atoms with Crippen molar-refractivity contribution in [1.29, 1.82) is 0 Å². The molecule has 0 unspecified atom stereocenters. The summed E-state index contributed by atoms with van der Waals surface area (Å²) in [5, 5.41) is 5.01. The molecule has 6 nitrogen and oxygen atoms in total. The fourth-order valence-electron chi connectivity index (χ4n) is 1.75. The van der Waals surface area contributed by atoms with Gasteiger partial charge in [-0.15, -0.1) is 0 Å². The summed E-state index contributed by atoms with van der Waals surface area (Å²) in [6, 6.07) is 8.79. The number of Topliss-reactive ketones (excluding diaryl/α,β-unsaturated/α-hetero) is 2. The Morgan fingerprint density at radius 1 is 0.909 bits per heavy atom. The van der Waals surface area contributed by atoms with Crippen LogP contribution < -0.4 is 10.6 Å². The second kappa shape index (κ2) is 9.44. The summed E-state index contributed by atoms with van der Waals surface area (Å²) < 4.78 is 0. The number of benzene rings is 1. The molecular formula is C16H20N2O4. The van der Waals surface area contributed by atoms with Crippen LogP contribution >= 0.6 is 0 Å². The maximum Gasteiger partial charge on any atom is 0.291 e. The summed E-state index contributed by atoms with van der Waals surface area (Å²) in [5.74, 6) is -2.20. The van der Waals surface area contributed by atoms with Gasteiger partial charge in [0.1, 0.15) is 0 Å². The first-order valence-electron chi connectivity index (χ1n) is 7.18. The number of para-hydroxylation sites is 1. The largest absolute Gasteiger partial charge is 0.350 e. The predicted molar refractivity (Wildman–Crippen MR) is 82.2 cm³/mol. The van der Waals surface area contributed by atoms with Crippen molar-refractivity contribution in [2.24, 2.45) is 0 Å². The van der Waals surface area contributed by atoms with Crippen molar-refractivity contribution >= 4 is 29.1 Å². The van der Waals surface area contributed by atoms with E-state index in [0.29, 0.717) is 31.5 Å². The lowest BCUT2D eigenvalue weighted by Crippen LogP contribution is -2.29. The Kier molecular flexibility index (Phi) is 7.53. The van der Waals surface area contributed by atoms with Crippen LogP contribution in [0.15, 0.2) is 30.3 Å². The molecule has 0 spiro atoms. The topological polar surface area (TPSA) is 92.3 Å². The van der Waals surface area contributed by atoms with Gasteiger partial charge in [0.2, 0.25) is 11.6 Å². The first-order chi connectivity index (χ1) is 10.5. The zero-order chi connectivity index (χ0) is 16.4. The number of anilines is 1. The van der Waals surface area contributed by atoms with Crippen LogP contribution in [0, 0.1) is 0 Å². The summed E-state index contributed by atoms with van der Waals surface area (Å²) >= 11 is 0. The number of hydrogen-bond donors (Lipinski definition) is 2. The van der Waals surface area contributed by atoms with E-state index in [-0.39, 0.29) is 6.42 Å². The fraction of sp³-hybridized carbons (Fsp3) is 0.375. The van der Waals surface area contributed by atoms with Crippen molar-refractivity contribution in [1.82, 2.24) is 5.32 Å². The molecule has 22 heavy (non-hydrogen) atoms. The highest BCUT2D eigenvalue weighted by atomic mass is 16.2. The number of unbranched alkanes of at least 4 members (excludes halogenated alkanes) is 2. The number of ketones is 2. The Hall–Kier alpha value is -2.50. The molecule has 0 aliphatic rings. The van der Waals surface area contributed by atoms with Crippen LogP contribution in [-0.4, -0.2) is 29.9 Å². The third kappa shape index (κ3) is 6.78. The Labute approximate surface area is 129 Å². The second-order valence-electron chi connectivity index (χ2n) is 4.87. The number of carbonyl (C=O) groups excluding carboxylic acids is 4. The Morgan fingerprint density at radius 2 is 1.59 bits per heavy atom. The molecule has 0 atom stereocenters. The van der Waals surface area contributed by atoms with Crippen LogP contribution in [0.4, 0.5) is 5.69 Å². The van der Waals surface area contributed by atoms with E-state index in [1.807, 2.05) is 6.07 Å². The van der Waals surface area contributed by atoms with Crippen LogP contribution in [0.25, 0.3) is 0 Å². The van der Waals surface area contributed by atoms with E-state index in [1.54, 1.807) is 24.3 Å². The summed E-state index contributed by atoms with van der Waals surface area (Å²) in [5.41, 5.74) is 0.591. The summed E-state index contributed by atoms with van der Waals surface area (Å²) in [6.07, 6.45) is 2.09. The lowest BCUT2D eigenvalue weighted by molar-refractivity contribution is -0.136. The fourth-order valence-corrected chi connectivity index (χ4v) is 1.75. The highest BCUT2D eigenvalue weighted by Crippen LogP contribution is 2.06. The minimum absolute atomic E-state index is 0.166. The van der Waals surface area contributed by atoms with E-state index in [9.17, 15) is 19.2 Å². The van der Waals surface area contributed by atoms with Crippen molar-refractivity contribution in [2.75, 3.05) is 11.9 Å². The van der Waals surface area contributed by atoms with Crippen LogP contribution in [0.2, 0.25) is 0 Å². The minimum Gasteiger partial charge on any atom is -0.350 e. The normalized spacial score (nSPS) is 9.86. The Morgan fingerprint density at radius 3 is 2.23 bits per heavy atom. The molecular weight excluding hydrogens is 284 g/mol.